The van der Waals surface area contributed by atoms with Crippen molar-refractivity contribution >= 4 is 0 Å². The summed E-state index contributed by atoms with van der Waals surface area (Å²) in [5, 5.41) is 3.61. The molecule has 1 N–H and O–H groups in total. The minimum atomic E-state index is 0.300. The fourth-order valence-corrected chi connectivity index (χ4v) is 2.22. The summed E-state index contributed by atoms with van der Waals surface area (Å²) < 4.78 is 0. The lowest BCUT2D eigenvalue weighted by Crippen LogP contribution is -2.41. The van der Waals surface area contributed by atoms with Gasteiger partial charge >= 0.3 is 0 Å². The molecule has 0 aromatic carbocycles. The molecular weight excluding hydrogens is 174 g/mol. The normalized spacial score (nSPS) is 26.6. The molecule has 1 atom stereocenters. The molecule has 1 aromatic heterocycles. The fraction of sp³-hybridized carbons (Fsp3) is 0.636. The van der Waals surface area contributed by atoms with Gasteiger partial charge in [-0.2, -0.15) is 0 Å². The largest absolute Gasteiger partial charge is 0.311 e. The molecule has 76 valence electrons. The van der Waals surface area contributed by atoms with Gasteiger partial charge in [-0.05, 0) is 31.9 Å². The van der Waals surface area contributed by atoms with Gasteiger partial charge < -0.3 is 5.32 Å². The van der Waals surface area contributed by atoms with Crippen LogP contribution in [0.5, 0.6) is 0 Å². The third kappa shape index (κ3) is 1.93. The first-order chi connectivity index (χ1) is 6.85. The summed E-state index contributed by atoms with van der Waals surface area (Å²) >= 11 is 0. The molecule has 0 amide bonds. The summed E-state index contributed by atoms with van der Waals surface area (Å²) in [6.45, 7) is 3.40. The van der Waals surface area contributed by atoms with E-state index in [1.54, 1.807) is 6.33 Å². The monoisotopic (exact) mass is 191 g/mol. The molecule has 1 unspecified atom stereocenters. The first kappa shape index (κ1) is 9.59. The Morgan fingerprint density at radius 3 is 3.07 bits per heavy atom. The zero-order valence-electron chi connectivity index (χ0n) is 8.66. The van der Waals surface area contributed by atoms with E-state index in [1.807, 2.05) is 12.3 Å². The summed E-state index contributed by atoms with van der Waals surface area (Å²) in [4.78, 5) is 8.22. The topological polar surface area (TPSA) is 37.8 Å². The van der Waals surface area contributed by atoms with Crippen LogP contribution in [0.2, 0.25) is 0 Å². The van der Waals surface area contributed by atoms with E-state index in [9.17, 15) is 0 Å². The third-order valence-corrected chi connectivity index (χ3v) is 3.17. The van der Waals surface area contributed by atoms with Crippen LogP contribution in [0.1, 0.15) is 31.9 Å². The average Bonchev–Trinajstić information content (AvgIpc) is 2.69. The maximum atomic E-state index is 4.28. The summed E-state index contributed by atoms with van der Waals surface area (Å²) in [6, 6.07) is 2.01. The quantitative estimate of drug-likeness (QED) is 0.787. The van der Waals surface area contributed by atoms with Crippen molar-refractivity contribution in [2.24, 2.45) is 0 Å². The first-order valence-electron chi connectivity index (χ1n) is 5.35. The first-order valence-corrected chi connectivity index (χ1v) is 5.35. The molecule has 0 spiro atoms. The van der Waals surface area contributed by atoms with Crippen molar-refractivity contribution in [3.8, 4) is 0 Å². The molecule has 3 nitrogen and oxygen atoms in total. The molecule has 1 aliphatic rings. The fourth-order valence-electron chi connectivity index (χ4n) is 2.22. The molecule has 0 aliphatic carbocycles. The lowest BCUT2D eigenvalue weighted by Gasteiger charge is -2.27. The van der Waals surface area contributed by atoms with Gasteiger partial charge in [0.25, 0.3) is 0 Å². The van der Waals surface area contributed by atoms with Crippen LogP contribution in [0.3, 0.4) is 0 Å². The minimum Gasteiger partial charge on any atom is -0.311 e. The lowest BCUT2D eigenvalue weighted by atomic mass is 9.89. The van der Waals surface area contributed by atoms with Gasteiger partial charge in [0.2, 0.25) is 0 Å². The Balaban J connectivity index is 2.08. The molecule has 0 saturated carbocycles. The predicted molar refractivity (Wildman–Crippen MR) is 56.0 cm³/mol. The smallest absolute Gasteiger partial charge is 0.115 e. The Morgan fingerprint density at radius 1 is 1.57 bits per heavy atom. The van der Waals surface area contributed by atoms with Crippen molar-refractivity contribution < 1.29 is 0 Å². The second-order valence-corrected chi connectivity index (χ2v) is 4.04. The van der Waals surface area contributed by atoms with Crippen LogP contribution in [-0.4, -0.2) is 22.1 Å². The summed E-state index contributed by atoms with van der Waals surface area (Å²) in [5.74, 6) is 0. The van der Waals surface area contributed by atoms with Crippen molar-refractivity contribution in [1.29, 1.82) is 0 Å². The van der Waals surface area contributed by atoms with Crippen LogP contribution in [0.25, 0.3) is 0 Å². The number of hydrogen-bond donors (Lipinski definition) is 1. The number of aromatic nitrogens is 2. The second kappa shape index (κ2) is 4.05. The van der Waals surface area contributed by atoms with Crippen molar-refractivity contribution in [2.75, 3.05) is 6.54 Å². The van der Waals surface area contributed by atoms with Gasteiger partial charge in [0.1, 0.15) is 6.33 Å². The summed E-state index contributed by atoms with van der Waals surface area (Å²) in [5.41, 5.74) is 1.45. The van der Waals surface area contributed by atoms with Crippen molar-refractivity contribution in [2.45, 2.75) is 38.1 Å². The number of hydrogen-bond acceptors (Lipinski definition) is 3. The van der Waals surface area contributed by atoms with Gasteiger partial charge in [0.15, 0.2) is 0 Å². The van der Waals surface area contributed by atoms with Gasteiger partial charge in [-0.25, -0.2) is 9.97 Å². The van der Waals surface area contributed by atoms with E-state index in [-0.39, 0.29) is 0 Å². The maximum absolute atomic E-state index is 4.28. The van der Waals surface area contributed by atoms with Crippen LogP contribution in [0, 0.1) is 0 Å². The molecule has 1 saturated heterocycles. The van der Waals surface area contributed by atoms with E-state index in [0.717, 1.165) is 18.7 Å². The van der Waals surface area contributed by atoms with Gasteiger partial charge in [-0.3, -0.25) is 0 Å². The van der Waals surface area contributed by atoms with Crippen LogP contribution in [0.4, 0.5) is 0 Å². The van der Waals surface area contributed by atoms with E-state index in [4.69, 9.17) is 0 Å². The number of nitrogens with one attached hydrogen (secondary N) is 1. The minimum absolute atomic E-state index is 0.300. The highest BCUT2D eigenvalue weighted by molar-refractivity contribution is 5.07. The van der Waals surface area contributed by atoms with Crippen LogP contribution in [-0.2, 0) is 6.42 Å². The Hall–Kier alpha value is -0.960. The lowest BCUT2D eigenvalue weighted by molar-refractivity contribution is 0.356. The Morgan fingerprint density at radius 2 is 2.50 bits per heavy atom. The van der Waals surface area contributed by atoms with Gasteiger partial charge in [0.05, 0.1) is 0 Å². The zero-order chi connectivity index (χ0) is 9.86. The molecule has 1 fully saturated rings. The van der Waals surface area contributed by atoms with Crippen molar-refractivity contribution in [1.82, 2.24) is 15.3 Å². The third-order valence-electron chi connectivity index (χ3n) is 3.17. The van der Waals surface area contributed by atoms with E-state index < -0.39 is 0 Å². The predicted octanol–water partition coefficient (Wildman–Crippen LogP) is 1.55. The standard InChI is InChI=1S/C11H17N3/c1-2-11(5-3-6-14-11)8-10-4-7-12-9-13-10/h4,7,9,14H,2-3,5-6,8H2,1H3. The maximum Gasteiger partial charge on any atom is 0.115 e. The molecule has 0 radical (unpaired) electrons. The highest BCUT2D eigenvalue weighted by atomic mass is 15.0. The van der Waals surface area contributed by atoms with E-state index in [2.05, 4.69) is 22.2 Å². The van der Waals surface area contributed by atoms with E-state index in [0.29, 0.717) is 5.54 Å². The molecule has 1 aromatic rings. The van der Waals surface area contributed by atoms with E-state index >= 15 is 0 Å². The van der Waals surface area contributed by atoms with Crippen LogP contribution >= 0.6 is 0 Å². The molecule has 2 rings (SSSR count). The highest BCUT2D eigenvalue weighted by Crippen LogP contribution is 2.26. The van der Waals surface area contributed by atoms with Crippen molar-refractivity contribution in [3.05, 3.63) is 24.3 Å². The Labute approximate surface area is 85.0 Å². The molecular formula is C11H17N3. The molecule has 1 aliphatic heterocycles. The van der Waals surface area contributed by atoms with E-state index in [1.165, 1.54) is 19.3 Å². The van der Waals surface area contributed by atoms with Gasteiger partial charge in [0, 0.05) is 23.9 Å². The van der Waals surface area contributed by atoms with Gasteiger partial charge in [-0.15, -0.1) is 0 Å². The molecule has 14 heavy (non-hydrogen) atoms. The Kier molecular flexibility index (Phi) is 2.77. The average molecular weight is 191 g/mol. The zero-order valence-corrected chi connectivity index (χ0v) is 8.66. The van der Waals surface area contributed by atoms with Gasteiger partial charge in [-0.1, -0.05) is 6.92 Å². The number of nitrogens with zero attached hydrogens (tertiary/aromatic N) is 2. The summed E-state index contributed by atoms with van der Waals surface area (Å²) in [7, 11) is 0. The van der Waals surface area contributed by atoms with Crippen LogP contribution in [0.15, 0.2) is 18.6 Å². The SMILES string of the molecule is CCC1(Cc2ccncn2)CCCN1. The molecule has 0 bridgehead atoms. The highest BCUT2D eigenvalue weighted by Gasteiger charge is 2.31. The number of rotatable bonds is 3. The molecule has 3 heteroatoms. The van der Waals surface area contributed by atoms with Crippen LogP contribution < -0.4 is 5.32 Å². The van der Waals surface area contributed by atoms with Crippen molar-refractivity contribution in [3.63, 3.8) is 0 Å². The molecule has 2 heterocycles. The summed E-state index contributed by atoms with van der Waals surface area (Å²) in [6.07, 6.45) is 8.23. The Bertz CT molecular complexity index is 278. The second-order valence-electron chi connectivity index (χ2n) is 4.04.